The lowest BCUT2D eigenvalue weighted by Crippen LogP contribution is -2.32. The highest BCUT2D eigenvalue weighted by Crippen LogP contribution is 2.24. The second-order valence-corrected chi connectivity index (χ2v) is 2.50. The van der Waals surface area contributed by atoms with Crippen LogP contribution in [0.25, 0.3) is 0 Å². The standard InChI is InChI=1S/C8H11F3N2/c1-2-3-4-13-6-7(5-12)8(9,10)11/h2,7,13H,1,3-4,6H2. The molecule has 5 heteroatoms. The number of nitrogens with one attached hydrogen (secondary N) is 1. The summed E-state index contributed by atoms with van der Waals surface area (Å²) in [6, 6.07) is 1.21. The van der Waals surface area contributed by atoms with Crippen LogP contribution in [0.5, 0.6) is 0 Å². The van der Waals surface area contributed by atoms with Crippen LogP contribution in [0.3, 0.4) is 0 Å². The molecule has 0 aliphatic heterocycles. The Morgan fingerprint density at radius 1 is 1.54 bits per heavy atom. The van der Waals surface area contributed by atoms with Crippen molar-refractivity contribution in [2.75, 3.05) is 13.1 Å². The fourth-order valence-electron chi connectivity index (χ4n) is 0.685. The molecular weight excluding hydrogens is 181 g/mol. The molecule has 0 saturated heterocycles. The Bertz CT molecular complexity index is 193. The molecule has 13 heavy (non-hydrogen) atoms. The molecule has 0 radical (unpaired) electrons. The van der Waals surface area contributed by atoms with Gasteiger partial charge in [0.05, 0.1) is 6.07 Å². The monoisotopic (exact) mass is 192 g/mol. The summed E-state index contributed by atoms with van der Waals surface area (Å²) in [6.45, 7) is 3.48. The average Bonchev–Trinajstić information content (AvgIpc) is 2.02. The summed E-state index contributed by atoms with van der Waals surface area (Å²) in [6.07, 6.45) is -2.24. The van der Waals surface area contributed by atoms with Crippen molar-refractivity contribution in [3.63, 3.8) is 0 Å². The summed E-state index contributed by atoms with van der Waals surface area (Å²) in [4.78, 5) is 0. The van der Waals surface area contributed by atoms with Crippen molar-refractivity contribution in [3.8, 4) is 6.07 Å². The first-order valence-corrected chi connectivity index (χ1v) is 3.80. The Labute approximate surface area is 75.0 Å². The molecule has 0 aromatic heterocycles. The quantitative estimate of drug-likeness (QED) is 0.533. The molecule has 0 fully saturated rings. The fraction of sp³-hybridized carbons (Fsp3) is 0.625. The van der Waals surface area contributed by atoms with E-state index in [9.17, 15) is 13.2 Å². The number of nitriles is 1. The van der Waals surface area contributed by atoms with E-state index in [1.54, 1.807) is 6.08 Å². The summed E-state index contributed by atoms with van der Waals surface area (Å²) < 4.78 is 35.8. The van der Waals surface area contributed by atoms with E-state index in [2.05, 4.69) is 11.9 Å². The molecule has 2 nitrogen and oxygen atoms in total. The predicted molar refractivity (Wildman–Crippen MR) is 42.8 cm³/mol. The summed E-state index contributed by atoms with van der Waals surface area (Å²) >= 11 is 0. The van der Waals surface area contributed by atoms with Crippen LogP contribution in [0, 0.1) is 17.2 Å². The smallest absolute Gasteiger partial charge is 0.315 e. The lowest BCUT2D eigenvalue weighted by Gasteiger charge is -2.13. The number of rotatable bonds is 5. The van der Waals surface area contributed by atoms with Gasteiger partial charge in [-0.15, -0.1) is 6.58 Å². The van der Waals surface area contributed by atoms with Gasteiger partial charge in [0.25, 0.3) is 0 Å². The molecular formula is C8H11F3N2. The number of halogens is 3. The van der Waals surface area contributed by atoms with Crippen LogP contribution < -0.4 is 5.32 Å². The van der Waals surface area contributed by atoms with Gasteiger partial charge in [0, 0.05) is 6.54 Å². The Morgan fingerprint density at radius 3 is 2.54 bits per heavy atom. The maximum absolute atomic E-state index is 11.9. The lowest BCUT2D eigenvalue weighted by molar-refractivity contribution is -0.157. The van der Waals surface area contributed by atoms with Gasteiger partial charge in [0.1, 0.15) is 0 Å². The molecule has 1 N–H and O–H groups in total. The van der Waals surface area contributed by atoms with Gasteiger partial charge in [-0.1, -0.05) is 6.08 Å². The second-order valence-electron chi connectivity index (χ2n) is 2.50. The molecule has 0 saturated carbocycles. The zero-order valence-electron chi connectivity index (χ0n) is 7.06. The van der Waals surface area contributed by atoms with Gasteiger partial charge in [-0.25, -0.2) is 0 Å². The largest absolute Gasteiger partial charge is 0.405 e. The molecule has 0 spiro atoms. The van der Waals surface area contributed by atoms with Crippen molar-refractivity contribution < 1.29 is 13.2 Å². The number of hydrogen-bond acceptors (Lipinski definition) is 2. The van der Waals surface area contributed by atoms with E-state index in [4.69, 9.17) is 5.26 Å². The predicted octanol–water partition coefficient (Wildman–Crippen LogP) is 1.85. The molecule has 0 aromatic carbocycles. The third-order valence-electron chi connectivity index (χ3n) is 1.42. The minimum atomic E-state index is -4.43. The Hall–Kier alpha value is -1.02. The van der Waals surface area contributed by atoms with Crippen molar-refractivity contribution >= 4 is 0 Å². The molecule has 0 amide bonds. The van der Waals surface area contributed by atoms with Gasteiger partial charge in [-0.3, -0.25) is 0 Å². The first kappa shape index (κ1) is 12.0. The van der Waals surface area contributed by atoms with Gasteiger partial charge in [-0.2, -0.15) is 18.4 Å². The molecule has 0 aliphatic rings. The van der Waals surface area contributed by atoms with Crippen molar-refractivity contribution in [2.24, 2.45) is 5.92 Å². The third kappa shape index (κ3) is 5.26. The molecule has 1 atom stereocenters. The van der Waals surface area contributed by atoms with Crippen LogP contribution in [0.15, 0.2) is 12.7 Å². The van der Waals surface area contributed by atoms with Gasteiger partial charge >= 0.3 is 6.18 Å². The summed E-state index contributed by atoms with van der Waals surface area (Å²) in [5, 5.41) is 10.7. The van der Waals surface area contributed by atoms with Crippen LogP contribution in [0.4, 0.5) is 13.2 Å². The number of hydrogen-bond donors (Lipinski definition) is 1. The summed E-state index contributed by atoms with van der Waals surface area (Å²) in [5.74, 6) is -1.92. The van der Waals surface area contributed by atoms with Gasteiger partial charge < -0.3 is 5.32 Å². The summed E-state index contributed by atoms with van der Waals surface area (Å²) in [5.41, 5.74) is 0. The molecule has 0 rings (SSSR count). The molecule has 0 heterocycles. The maximum Gasteiger partial charge on any atom is 0.405 e. The van der Waals surface area contributed by atoms with Crippen molar-refractivity contribution in [2.45, 2.75) is 12.6 Å². The first-order valence-electron chi connectivity index (χ1n) is 3.80. The van der Waals surface area contributed by atoms with Crippen LogP contribution in [-0.4, -0.2) is 19.3 Å². The molecule has 0 aliphatic carbocycles. The van der Waals surface area contributed by atoms with E-state index in [-0.39, 0.29) is 6.54 Å². The van der Waals surface area contributed by atoms with E-state index in [1.165, 1.54) is 6.07 Å². The minimum Gasteiger partial charge on any atom is -0.315 e. The number of nitrogens with zero attached hydrogens (tertiary/aromatic N) is 1. The van der Waals surface area contributed by atoms with E-state index < -0.39 is 12.1 Å². The minimum absolute atomic E-state index is 0.353. The second kappa shape index (κ2) is 5.60. The zero-order chi connectivity index (χ0) is 10.3. The molecule has 1 unspecified atom stereocenters. The molecule has 0 aromatic rings. The molecule has 0 bridgehead atoms. The van der Waals surface area contributed by atoms with E-state index in [0.717, 1.165) is 0 Å². The van der Waals surface area contributed by atoms with Crippen LogP contribution in [-0.2, 0) is 0 Å². The lowest BCUT2D eigenvalue weighted by atomic mass is 10.1. The SMILES string of the molecule is C=CCCNCC(C#N)C(F)(F)F. The average molecular weight is 192 g/mol. The highest BCUT2D eigenvalue weighted by Gasteiger charge is 2.39. The fourth-order valence-corrected chi connectivity index (χ4v) is 0.685. The normalized spacial score (nSPS) is 13.4. The van der Waals surface area contributed by atoms with Crippen molar-refractivity contribution in [1.82, 2.24) is 5.32 Å². The topological polar surface area (TPSA) is 35.8 Å². The van der Waals surface area contributed by atoms with Crippen molar-refractivity contribution in [3.05, 3.63) is 12.7 Å². The molecule has 74 valence electrons. The summed E-state index contributed by atoms with van der Waals surface area (Å²) in [7, 11) is 0. The Balaban J connectivity index is 3.75. The van der Waals surface area contributed by atoms with Crippen LogP contribution in [0.1, 0.15) is 6.42 Å². The van der Waals surface area contributed by atoms with E-state index in [0.29, 0.717) is 13.0 Å². The van der Waals surface area contributed by atoms with Crippen LogP contribution in [0.2, 0.25) is 0 Å². The Morgan fingerprint density at radius 2 is 2.15 bits per heavy atom. The highest BCUT2D eigenvalue weighted by atomic mass is 19.4. The number of alkyl halides is 3. The van der Waals surface area contributed by atoms with E-state index >= 15 is 0 Å². The van der Waals surface area contributed by atoms with Gasteiger partial charge in [0.2, 0.25) is 0 Å². The van der Waals surface area contributed by atoms with E-state index in [1.807, 2.05) is 0 Å². The first-order chi connectivity index (χ1) is 6.02. The van der Waals surface area contributed by atoms with Crippen LogP contribution >= 0.6 is 0 Å². The zero-order valence-corrected chi connectivity index (χ0v) is 7.06. The maximum atomic E-state index is 11.9. The van der Waals surface area contributed by atoms with Crippen molar-refractivity contribution in [1.29, 1.82) is 5.26 Å². The highest BCUT2D eigenvalue weighted by molar-refractivity contribution is 4.89. The van der Waals surface area contributed by atoms with Gasteiger partial charge in [0.15, 0.2) is 5.92 Å². The Kier molecular flexibility index (Phi) is 5.16. The van der Waals surface area contributed by atoms with Gasteiger partial charge in [-0.05, 0) is 13.0 Å². The third-order valence-corrected chi connectivity index (χ3v) is 1.42.